The fraction of sp³-hybridized carbons (Fsp3) is 0.467. The highest BCUT2D eigenvalue weighted by atomic mass is 35.5. The number of hydrogen-bond donors (Lipinski definition) is 1. The molecule has 1 N–H and O–H groups in total. The van der Waals surface area contributed by atoms with Crippen LogP contribution in [-0.2, 0) is 11.2 Å². The molecule has 1 aromatic carbocycles. The Morgan fingerprint density at radius 2 is 1.80 bits per heavy atom. The molecule has 0 aliphatic heterocycles. The summed E-state index contributed by atoms with van der Waals surface area (Å²) in [4.78, 5) is 24.8. The summed E-state index contributed by atoms with van der Waals surface area (Å²) >= 11 is 5.64. The molecule has 0 aliphatic rings. The van der Waals surface area contributed by atoms with Crippen molar-refractivity contribution in [3.05, 3.63) is 35.9 Å². The number of nitrogens with zero attached hydrogens (tertiary/aromatic N) is 1. The minimum atomic E-state index is -1.11. The van der Waals surface area contributed by atoms with Crippen molar-refractivity contribution in [3.8, 4) is 0 Å². The maximum absolute atomic E-state index is 12.1. The van der Waals surface area contributed by atoms with Crippen LogP contribution in [-0.4, -0.2) is 39.3 Å². The molecular weight excluding hydrogens is 278 g/mol. The molecule has 0 heterocycles. The molecule has 0 aromatic heterocycles. The Morgan fingerprint density at radius 1 is 1.25 bits per heavy atom. The van der Waals surface area contributed by atoms with E-state index in [1.807, 2.05) is 30.3 Å². The predicted octanol–water partition coefficient (Wildman–Crippen LogP) is 3.18. The van der Waals surface area contributed by atoms with Gasteiger partial charge >= 0.3 is 6.09 Å². The normalized spacial score (nSPS) is 12.8. The molecule has 0 fully saturated rings. The summed E-state index contributed by atoms with van der Waals surface area (Å²) in [5.74, 6) is -0.481. The molecule has 110 valence electrons. The number of ketones is 1. The third kappa shape index (κ3) is 4.23. The summed E-state index contributed by atoms with van der Waals surface area (Å²) in [7, 11) is 0. The quantitative estimate of drug-likeness (QED) is 0.849. The number of halogens is 1. The first-order valence-corrected chi connectivity index (χ1v) is 6.95. The smallest absolute Gasteiger partial charge is 0.408 e. The molecule has 0 saturated heterocycles. The van der Waals surface area contributed by atoms with Crippen LogP contribution >= 0.6 is 11.6 Å². The zero-order valence-electron chi connectivity index (χ0n) is 12.0. The van der Waals surface area contributed by atoms with Crippen LogP contribution in [0.1, 0.15) is 26.3 Å². The van der Waals surface area contributed by atoms with Crippen LogP contribution in [0.2, 0.25) is 0 Å². The molecule has 0 spiro atoms. The van der Waals surface area contributed by atoms with Crippen molar-refractivity contribution in [2.75, 3.05) is 5.88 Å². The first-order chi connectivity index (χ1) is 9.27. The molecule has 1 aromatic rings. The number of Topliss-reactive ketones (excluding diaryl/α,β-unsaturated/α-hetero) is 1. The Balaban J connectivity index is 3.11. The summed E-state index contributed by atoms with van der Waals surface area (Å²) in [6.07, 6.45) is -0.785. The van der Waals surface area contributed by atoms with Gasteiger partial charge in [0.2, 0.25) is 0 Å². The van der Waals surface area contributed by atoms with Crippen LogP contribution in [0.3, 0.4) is 0 Å². The van der Waals surface area contributed by atoms with E-state index in [1.54, 1.807) is 20.8 Å². The molecule has 0 radical (unpaired) electrons. The number of carbonyl (C=O) groups is 2. The van der Waals surface area contributed by atoms with Crippen molar-refractivity contribution in [2.45, 2.75) is 38.8 Å². The highest BCUT2D eigenvalue weighted by Gasteiger charge is 2.36. The van der Waals surface area contributed by atoms with Crippen molar-refractivity contribution in [2.24, 2.45) is 0 Å². The van der Waals surface area contributed by atoms with Gasteiger partial charge in [-0.2, -0.15) is 0 Å². The molecule has 5 heteroatoms. The number of carboxylic acid groups (broad SMARTS) is 1. The van der Waals surface area contributed by atoms with Crippen LogP contribution < -0.4 is 0 Å². The molecule has 0 saturated carbocycles. The van der Waals surface area contributed by atoms with Crippen LogP contribution in [0.15, 0.2) is 30.3 Å². The van der Waals surface area contributed by atoms with E-state index in [0.29, 0.717) is 6.42 Å². The van der Waals surface area contributed by atoms with E-state index in [4.69, 9.17) is 11.6 Å². The molecular formula is C15H20ClNO3. The van der Waals surface area contributed by atoms with E-state index in [1.165, 1.54) is 4.90 Å². The predicted molar refractivity (Wildman–Crippen MR) is 79.3 cm³/mol. The van der Waals surface area contributed by atoms with Crippen molar-refractivity contribution in [3.63, 3.8) is 0 Å². The molecule has 4 nitrogen and oxygen atoms in total. The first kappa shape index (κ1) is 16.5. The number of carbonyl (C=O) groups excluding carboxylic acids is 1. The van der Waals surface area contributed by atoms with E-state index in [9.17, 15) is 14.7 Å². The number of hydrogen-bond acceptors (Lipinski definition) is 2. The van der Waals surface area contributed by atoms with Crippen LogP contribution in [0.4, 0.5) is 4.79 Å². The Labute approximate surface area is 124 Å². The molecule has 1 unspecified atom stereocenters. The minimum absolute atomic E-state index is 0.197. The lowest BCUT2D eigenvalue weighted by atomic mass is 9.96. The Morgan fingerprint density at radius 3 is 2.20 bits per heavy atom. The Kier molecular flexibility index (Phi) is 5.57. The monoisotopic (exact) mass is 297 g/mol. The van der Waals surface area contributed by atoms with E-state index in [0.717, 1.165) is 5.56 Å². The lowest BCUT2D eigenvalue weighted by Gasteiger charge is -2.38. The number of amides is 1. The highest BCUT2D eigenvalue weighted by molar-refractivity contribution is 6.28. The van der Waals surface area contributed by atoms with Gasteiger partial charge in [-0.15, -0.1) is 11.6 Å². The number of alkyl halides is 1. The van der Waals surface area contributed by atoms with Gasteiger partial charge in [-0.25, -0.2) is 4.79 Å². The molecule has 1 amide bonds. The summed E-state index contributed by atoms with van der Waals surface area (Å²) in [5.41, 5.74) is 0.235. The van der Waals surface area contributed by atoms with E-state index >= 15 is 0 Å². The fourth-order valence-electron chi connectivity index (χ4n) is 2.16. The van der Waals surface area contributed by atoms with Gasteiger partial charge < -0.3 is 5.11 Å². The lowest BCUT2D eigenvalue weighted by Crippen LogP contribution is -2.55. The molecule has 1 atom stereocenters. The van der Waals surface area contributed by atoms with Gasteiger partial charge in [0.25, 0.3) is 0 Å². The fourth-order valence-corrected chi connectivity index (χ4v) is 2.34. The Bertz CT molecular complexity index is 468. The first-order valence-electron chi connectivity index (χ1n) is 6.42. The molecule has 0 bridgehead atoms. The molecule has 0 aliphatic carbocycles. The standard InChI is InChI=1S/C15H20ClNO3/c1-15(2,3)17(14(19)20)12(13(18)10-16)9-11-7-5-4-6-8-11/h4-8,12H,9-10H2,1-3H3,(H,19,20). The number of benzene rings is 1. The topological polar surface area (TPSA) is 57.6 Å². The highest BCUT2D eigenvalue weighted by Crippen LogP contribution is 2.21. The Hall–Kier alpha value is -1.55. The van der Waals surface area contributed by atoms with Gasteiger partial charge in [0, 0.05) is 12.0 Å². The van der Waals surface area contributed by atoms with Gasteiger partial charge in [-0.3, -0.25) is 9.69 Å². The summed E-state index contributed by atoms with van der Waals surface area (Å²) in [6, 6.07) is 8.57. The third-order valence-electron chi connectivity index (χ3n) is 3.02. The maximum Gasteiger partial charge on any atom is 0.408 e. The zero-order valence-corrected chi connectivity index (χ0v) is 12.7. The molecule has 1 rings (SSSR count). The average molecular weight is 298 g/mol. The lowest BCUT2D eigenvalue weighted by molar-refractivity contribution is -0.123. The summed E-state index contributed by atoms with van der Waals surface area (Å²) in [6.45, 7) is 5.29. The van der Waals surface area contributed by atoms with Gasteiger partial charge in [-0.1, -0.05) is 30.3 Å². The third-order valence-corrected chi connectivity index (χ3v) is 3.28. The zero-order chi connectivity index (χ0) is 15.3. The van der Waals surface area contributed by atoms with Crippen LogP contribution in [0, 0.1) is 0 Å². The summed E-state index contributed by atoms with van der Waals surface area (Å²) < 4.78 is 0. The van der Waals surface area contributed by atoms with E-state index in [2.05, 4.69) is 0 Å². The van der Waals surface area contributed by atoms with Gasteiger partial charge in [0.15, 0.2) is 5.78 Å². The van der Waals surface area contributed by atoms with Gasteiger partial charge in [0.05, 0.1) is 11.9 Å². The van der Waals surface area contributed by atoms with Crippen molar-refractivity contribution in [1.29, 1.82) is 0 Å². The second-order valence-electron chi connectivity index (χ2n) is 5.63. The second kappa shape index (κ2) is 6.75. The average Bonchev–Trinajstić information content (AvgIpc) is 2.36. The SMILES string of the molecule is CC(C)(C)N(C(=O)O)C(Cc1ccccc1)C(=O)CCl. The maximum atomic E-state index is 12.1. The van der Waals surface area contributed by atoms with Gasteiger partial charge in [-0.05, 0) is 26.3 Å². The molecule has 20 heavy (non-hydrogen) atoms. The van der Waals surface area contributed by atoms with Crippen LogP contribution in [0.25, 0.3) is 0 Å². The van der Waals surface area contributed by atoms with Crippen molar-refractivity contribution < 1.29 is 14.7 Å². The van der Waals surface area contributed by atoms with Crippen LogP contribution in [0.5, 0.6) is 0 Å². The second-order valence-corrected chi connectivity index (χ2v) is 5.90. The van der Waals surface area contributed by atoms with Crippen molar-refractivity contribution >= 4 is 23.5 Å². The minimum Gasteiger partial charge on any atom is -0.465 e. The van der Waals surface area contributed by atoms with Gasteiger partial charge in [0.1, 0.15) is 0 Å². The largest absolute Gasteiger partial charge is 0.465 e. The van der Waals surface area contributed by atoms with Crippen molar-refractivity contribution in [1.82, 2.24) is 4.90 Å². The number of rotatable bonds is 5. The van der Waals surface area contributed by atoms with E-state index in [-0.39, 0.29) is 11.7 Å². The summed E-state index contributed by atoms with van der Waals surface area (Å²) in [5, 5.41) is 9.43. The van der Waals surface area contributed by atoms with E-state index < -0.39 is 17.7 Å².